The lowest BCUT2D eigenvalue weighted by Crippen LogP contribution is -2.34. The van der Waals surface area contributed by atoms with Crippen molar-refractivity contribution in [1.82, 2.24) is 0 Å². The summed E-state index contributed by atoms with van der Waals surface area (Å²) in [6.45, 7) is 8.54. The Hall–Kier alpha value is -0.0400. The van der Waals surface area contributed by atoms with Crippen molar-refractivity contribution in [2.75, 3.05) is 0 Å². The van der Waals surface area contributed by atoms with E-state index in [4.69, 9.17) is 0 Å². The van der Waals surface area contributed by atoms with E-state index < -0.39 is 0 Å². The van der Waals surface area contributed by atoms with Crippen LogP contribution < -0.4 is 0 Å². The van der Waals surface area contributed by atoms with Crippen LogP contribution >= 0.6 is 0 Å². The highest BCUT2D eigenvalue weighted by atomic mass is 16.3. The predicted octanol–water partition coefficient (Wildman–Crippen LogP) is 2.58. The van der Waals surface area contributed by atoms with E-state index in [-0.39, 0.29) is 16.9 Å². The highest BCUT2D eigenvalue weighted by Crippen LogP contribution is 2.55. The second-order valence-electron chi connectivity index (χ2n) is 4.98. The Morgan fingerprint density at radius 1 is 1.36 bits per heavy atom. The Morgan fingerprint density at radius 3 is 1.91 bits per heavy atom. The maximum Gasteiger partial charge on any atom is 0.0644 e. The first-order chi connectivity index (χ1) is 4.92. The monoisotopic (exact) mass is 156 g/mol. The first-order valence-electron chi connectivity index (χ1n) is 4.60. The molecule has 1 unspecified atom stereocenters. The fraction of sp³-hybridized carbons (Fsp3) is 1.00. The van der Waals surface area contributed by atoms with Crippen LogP contribution in [0.25, 0.3) is 0 Å². The molecule has 0 saturated heterocycles. The van der Waals surface area contributed by atoms with Gasteiger partial charge >= 0.3 is 0 Å². The van der Waals surface area contributed by atoms with E-state index in [0.29, 0.717) is 0 Å². The van der Waals surface area contributed by atoms with Crippen molar-refractivity contribution in [3.05, 3.63) is 0 Å². The van der Waals surface area contributed by atoms with E-state index in [1.165, 1.54) is 12.8 Å². The Balaban J connectivity index is 2.61. The van der Waals surface area contributed by atoms with Crippen LogP contribution in [-0.4, -0.2) is 11.2 Å². The van der Waals surface area contributed by atoms with Gasteiger partial charge in [0.15, 0.2) is 0 Å². The number of hydrogen-bond donors (Lipinski definition) is 1. The van der Waals surface area contributed by atoms with E-state index in [1.807, 2.05) is 0 Å². The Morgan fingerprint density at radius 2 is 1.82 bits per heavy atom. The molecule has 0 bridgehead atoms. The zero-order chi connectivity index (χ0) is 8.70. The van der Waals surface area contributed by atoms with E-state index >= 15 is 0 Å². The van der Waals surface area contributed by atoms with Crippen LogP contribution in [0.4, 0.5) is 0 Å². The zero-order valence-electron chi connectivity index (χ0n) is 8.15. The van der Waals surface area contributed by atoms with Gasteiger partial charge in [-0.25, -0.2) is 0 Å². The van der Waals surface area contributed by atoms with Crippen molar-refractivity contribution in [3.8, 4) is 0 Å². The van der Waals surface area contributed by atoms with Crippen LogP contribution in [0.2, 0.25) is 0 Å². The quantitative estimate of drug-likeness (QED) is 0.651. The zero-order valence-corrected chi connectivity index (χ0v) is 8.15. The molecule has 1 rings (SSSR count). The summed E-state index contributed by atoms with van der Waals surface area (Å²) in [4.78, 5) is 0. The molecule has 66 valence electrons. The van der Waals surface area contributed by atoms with Crippen molar-refractivity contribution in [2.24, 2.45) is 10.8 Å². The molecule has 0 aliphatic heterocycles. The Kier molecular flexibility index (Phi) is 2.04. The summed E-state index contributed by atoms with van der Waals surface area (Å²) in [5.74, 6) is 0. The van der Waals surface area contributed by atoms with E-state index in [0.717, 1.165) is 6.42 Å². The average Bonchev–Trinajstić information content (AvgIpc) is 2.64. The van der Waals surface area contributed by atoms with Crippen molar-refractivity contribution in [1.29, 1.82) is 0 Å². The molecule has 1 aliphatic rings. The molecule has 1 fully saturated rings. The van der Waals surface area contributed by atoms with Crippen LogP contribution in [0.15, 0.2) is 0 Å². The summed E-state index contributed by atoms with van der Waals surface area (Å²) >= 11 is 0. The molecule has 0 heterocycles. The van der Waals surface area contributed by atoms with E-state index in [9.17, 15) is 5.11 Å². The second kappa shape index (κ2) is 2.48. The molecule has 1 aliphatic carbocycles. The summed E-state index contributed by atoms with van der Waals surface area (Å²) in [7, 11) is 0. The fourth-order valence-corrected chi connectivity index (χ4v) is 1.90. The minimum atomic E-state index is -0.111. The highest BCUT2D eigenvalue weighted by molar-refractivity contribution is 5.01. The second-order valence-corrected chi connectivity index (χ2v) is 4.98. The number of aliphatic hydroxyl groups is 1. The lowest BCUT2D eigenvalue weighted by Gasteiger charge is -2.32. The molecule has 0 aromatic heterocycles. The Labute approximate surface area is 69.8 Å². The molecule has 0 spiro atoms. The van der Waals surface area contributed by atoms with Gasteiger partial charge in [-0.3, -0.25) is 0 Å². The summed E-state index contributed by atoms with van der Waals surface area (Å²) in [6.07, 6.45) is 3.47. The van der Waals surface area contributed by atoms with Crippen LogP contribution in [0.1, 0.15) is 47.0 Å². The maximum absolute atomic E-state index is 9.98. The van der Waals surface area contributed by atoms with Crippen molar-refractivity contribution in [3.63, 3.8) is 0 Å². The van der Waals surface area contributed by atoms with Crippen LogP contribution in [-0.2, 0) is 0 Å². The molecule has 1 heteroatoms. The van der Waals surface area contributed by atoms with Crippen molar-refractivity contribution < 1.29 is 5.11 Å². The molecule has 1 N–H and O–H groups in total. The number of hydrogen-bond acceptors (Lipinski definition) is 1. The van der Waals surface area contributed by atoms with E-state index in [1.54, 1.807) is 0 Å². The largest absolute Gasteiger partial charge is 0.392 e. The van der Waals surface area contributed by atoms with Gasteiger partial charge in [-0.1, -0.05) is 27.7 Å². The fourth-order valence-electron chi connectivity index (χ4n) is 1.90. The lowest BCUT2D eigenvalue weighted by molar-refractivity contribution is -0.00243. The smallest absolute Gasteiger partial charge is 0.0644 e. The van der Waals surface area contributed by atoms with Gasteiger partial charge in [-0.05, 0) is 30.1 Å². The highest BCUT2D eigenvalue weighted by Gasteiger charge is 2.50. The molecular weight excluding hydrogens is 136 g/mol. The van der Waals surface area contributed by atoms with Crippen LogP contribution in [0.5, 0.6) is 0 Å². The molecule has 0 aromatic carbocycles. The van der Waals surface area contributed by atoms with Crippen molar-refractivity contribution >= 4 is 0 Å². The van der Waals surface area contributed by atoms with Gasteiger partial charge in [0.1, 0.15) is 0 Å². The van der Waals surface area contributed by atoms with Gasteiger partial charge in [0.2, 0.25) is 0 Å². The van der Waals surface area contributed by atoms with Gasteiger partial charge < -0.3 is 5.11 Å². The molecule has 0 radical (unpaired) electrons. The average molecular weight is 156 g/mol. The van der Waals surface area contributed by atoms with Gasteiger partial charge in [0, 0.05) is 0 Å². The lowest BCUT2D eigenvalue weighted by atomic mass is 9.78. The number of rotatable bonds is 2. The SMILES string of the molecule is CCC1(C(O)C(C)(C)C)CC1. The minimum absolute atomic E-state index is 0.0620. The topological polar surface area (TPSA) is 20.2 Å². The molecule has 0 amide bonds. The van der Waals surface area contributed by atoms with Gasteiger partial charge in [-0.15, -0.1) is 0 Å². The van der Waals surface area contributed by atoms with Crippen LogP contribution in [0.3, 0.4) is 0 Å². The summed E-state index contributed by atoms with van der Waals surface area (Å²) in [5.41, 5.74) is 0.352. The van der Waals surface area contributed by atoms with Crippen molar-refractivity contribution in [2.45, 2.75) is 53.1 Å². The summed E-state index contributed by atoms with van der Waals surface area (Å²) in [5, 5.41) is 9.98. The summed E-state index contributed by atoms with van der Waals surface area (Å²) in [6, 6.07) is 0. The molecule has 11 heavy (non-hydrogen) atoms. The third-order valence-electron chi connectivity index (χ3n) is 3.00. The normalized spacial score (nSPS) is 24.8. The third-order valence-corrected chi connectivity index (χ3v) is 3.00. The minimum Gasteiger partial charge on any atom is -0.392 e. The summed E-state index contributed by atoms with van der Waals surface area (Å²) < 4.78 is 0. The predicted molar refractivity (Wildman–Crippen MR) is 47.4 cm³/mol. The first-order valence-corrected chi connectivity index (χ1v) is 4.60. The number of aliphatic hydroxyl groups excluding tert-OH is 1. The molecule has 1 saturated carbocycles. The molecular formula is C10H20O. The molecule has 0 aromatic rings. The first kappa shape index (κ1) is 9.05. The molecule has 1 nitrogen and oxygen atoms in total. The van der Waals surface area contributed by atoms with Gasteiger partial charge in [0.25, 0.3) is 0 Å². The van der Waals surface area contributed by atoms with Gasteiger partial charge in [-0.2, -0.15) is 0 Å². The van der Waals surface area contributed by atoms with Crippen LogP contribution in [0, 0.1) is 10.8 Å². The van der Waals surface area contributed by atoms with E-state index in [2.05, 4.69) is 27.7 Å². The van der Waals surface area contributed by atoms with Gasteiger partial charge in [0.05, 0.1) is 6.10 Å². The molecule has 1 atom stereocenters. The Bertz CT molecular complexity index is 139. The third kappa shape index (κ3) is 1.58. The standard InChI is InChI=1S/C10H20O/c1-5-10(6-7-10)8(11)9(2,3)4/h8,11H,5-7H2,1-4H3. The maximum atomic E-state index is 9.98.